The van der Waals surface area contributed by atoms with Crippen molar-refractivity contribution in [2.45, 2.75) is 70.6 Å². The SMILES string of the molecule is CCC1CC(CCC[C@H](C)O)OC(c2c(O)ccc3ccccc23)O1. The van der Waals surface area contributed by atoms with E-state index in [0.717, 1.165) is 48.4 Å². The first kappa shape index (κ1) is 18.2. The van der Waals surface area contributed by atoms with Crippen LogP contribution in [0.25, 0.3) is 10.8 Å². The van der Waals surface area contributed by atoms with E-state index >= 15 is 0 Å². The Kier molecular flexibility index (Phi) is 5.94. The second-order valence-electron chi connectivity index (χ2n) is 6.99. The van der Waals surface area contributed by atoms with Gasteiger partial charge in [0.05, 0.1) is 23.9 Å². The molecule has 4 atom stereocenters. The van der Waals surface area contributed by atoms with E-state index in [1.54, 1.807) is 6.07 Å². The van der Waals surface area contributed by atoms with Gasteiger partial charge in [0.1, 0.15) is 5.75 Å². The van der Waals surface area contributed by atoms with Crippen molar-refractivity contribution in [3.8, 4) is 5.75 Å². The lowest BCUT2D eigenvalue weighted by Gasteiger charge is -2.36. The molecule has 1 saturated heterocycles. The van der Waals surface area contributed by atoms with Gasteiger partial charge in [0.2, 0.25) is 0 Å². The molecule has 2 aromatic carbocycles. The summed E-state index contributed by atoms with van der Waals surface area (Å²) in [6, 6.07) is 11.6. The molecule has 0 spiro atoms. The quantitative estimate of drug-likeness (QED) is 0.799. The fraction of sp³-hybridized carbons (Fsp3) is 0.524. The highest BCUT2D eigenvalue weighted by atomic mass is 16.7. The van der Waals surface area contributed by atoms with Gasteiger partial charge in [-0.15, -0.1) is 0 Å². The average molecular weight is 344 g/mol. The van der Waals surface area contributed by atoms with Gasteiger partial charge in [-0.05, 0) is 49.4 Å². The highest BCUT2D eigenvalue weighted by Gasteiger charge is 2.32. The van der Waals surface area contributed by atoms with Crippen LogP contribution < -0.4 is 0 Å². The smallest absolute Gasteiger partial charge is 0.188 e. The molecule has 3 rings (SSSR count). The summed E-state index contributed by atoms with van der Waals surface area (Å²) < 4.78 is 12.3. The molecular formula is C21H28O4. The second kappa shape index (κ2) is 8.17. The summed E-state index contributed by atoms with van der Waals surface area (Å²) in [4.78, 5) is 0. The topological polar surface area (TPSA) is 58.9 Å². The molecule has 2 N–H and O–H groups in total. The van der Waals surface area contributed by atoms with E-state index in [1.165, 1.54) is 0 Å². The summed E-state index contributed by atoms with van der Waals surface area (Å²) in [5.74, 6) is 0.211. The number of hydrogen-bond acceptors (Lipinski definition) is 4. The minimum Gasteiger partial charge on any atom is -0.507 e. The molecule has 1 heterocycles. The molecule has 25 heavy (non-hydrogen) atoms. The van der Waals surface area contributed by atoms with Crippen LogP contribution in [0, 0.1) is 0 Å². The van der Waals surface area contributed by atoms with Gasteiger partial charge in [-0.2, -0.15) is 0 Å². The predicted molar refractivity (Wildman–Crippen MR) is 98.5 cm³/mol. The largest absolute Gasteiger partial charge is 0.507 e. The van der Waals surface area contributed by atoms with Crippen LogP contribution in [0.3, 0.4) is 0 Å². The molecule has 0 aliphatic carbocycles. The van der Waals surface area contributed by atoms with E-state index in [0.29, 0.717) is 0 Å². The molecule has 1 aliphatic heterocycles. The molecule has 3 unspecified atom stereocenters. The molecule has 2 aromatic rings. The maximum absolute atomic E-state index is 10.5. The zero-order valence-electron chi connectivity index (χ0n) is 15.0. The van der Waals surface area contributed by atoms with Crippen molar-refractivity contribution in [3.05, 3.63) is 42.0 Å². The number of aliphatic hydroxyl groups excluding tert-OH is 1. The van der Waals surface area contributed by atoms with E-state index in [9.17, 15) is 10.2 Å². The van der Waals surface area contributed by atoms with Crippen LogP contribution in [-0.4, -0.2) is 28.5 Å². The summed E-state index contributed by atoms with van der Waals surface area (Å²) in [6.45, 7) is 3.93. The zero-order valence-corrected chi connectivity index (χ0v) is 15.0. The Morgan fingerprint density at radius 2 is 1.88 bits per heavy atom. The number of benzene rings is 2. The maximum Gasteiger partial charge on any atom is 0.188 e. The Morgan fingerprint density at radius 1 is 1.12 bits per heavy atom. The van der Waals surface area contributed by atoms with Crippen LogP contribution in [0.15, 0.2) is 36.4 Å². The van der Waals surface area contributed by atoms with Crippen LogP contribution >= 0.6 is 0 Å². The van der Waals surface area contributed by atoms with Gasteiger partial charge in [0, 0.05) is 6.42 Å². The Balaban J connectivity index is 1.84. The molecule has 4 heteroatoms. The first-order valence-electron chi connectivity index (χ1n) is 9.28. The minimum atomic E-state index is -0.554. The van der Waals surface area contributed by atoms with Crippen molar-refractivity contribution >= 4 is 10.8 Å². The average Bonchev–Trinajstić information content (AvgIpc) is 2.61. The summed E-state index contributed by atoms with van der Waals surface area (Å²) in [5.41, 5.74) is 0.719. The minimum absolute atomic E-state index is 0.0841. The van der Waals surface area contributed by atoms with Crippen molar-refractivity contribution in [1.82, 2.24) is 0 Å². The van der Waals surface area contributed by atoms with Gasteiger partial charge in [-0.25, -0.2) is 0 Å². The van der Waals surface area contributed by atoms with E-state index in [-0.39, 0.29) is 24.1 Å². The highest BCUT2D eigenvalue weighted by Crippen LogP contribution is 2.40. The van der Waals surface area contributed by atoms with Crippen molar-refractivity contribution in [2.75, 3.05) is 0 Å². The lowest BCUT2D eigenvalue weighted by Crippen LogP contribution is -2.33. The molecule has 1 fully saturated rings. The molecule has 0 aromatic heterocycles. The standard InChI is InChI=1S/C21H28O4/c1-3-16-13-17(9-6-7-14(2)22)25-21(24-16)20-18-10-5-4-8-15(18)11-12-19(20)23/h4-5,8,10-12,14,16-17,21-23H,3,6-7,9,13H2,1-2H3/t14-,16?,17?,21?/m0/s1. The third-order valence-electron chi connectivity index (χ3n) is 4.94. The Bertz CT molecular complexity index is 697. The number of hydrogen-bond donors (Lipinski definition) is 2. The fourth-order valence-electron chi connectivity index (χ4n) is 3.54. The first-order chi connectivity index (χ1) is 12.1. The Hall–Kier alpha value is -1.62. The van der Waals surface area contributed by atoms with Crippen LogP contribution in [0.4, 0.5) is 0 Å². The van der Waals surface area contributed by atoms with E-state index in [2.05, 4.69) is 6.92 Å². The van der Waals surface area contributed by atoms with Crippen LogP contribution in [0.2, 0.25) is 0 Å². The molecule has 0 bridgehead atoms. The first-order valence-corrected chi connectivity index (χ1v) is 9.28. The van der Waals surface area contributed by atoms with Crippen molar-refractivity contribution in [1.29, 1.82) is 0 Å². The van der Waals surface area contributed by atoms with Crippen molar-refractivity contribution in [3.63, 3.8) is 0 Å². The highest BCUT2D eigenvalue weighted by molar-refractivity contribution is 5.87. The van der Waals surface area contributed by atoms with E-state index < -0.39 is 6.29 Å². The van der Waals surface area contributed by atoms with Gasteiger partial charge in [-0.3, -0.25) is 0 Å². The Labute approximate surface area is 149 Å². The number of ether oxygens (including phenoxy) is 2. The third-order valence-corrected chi connectivity index (χ3v) is 4.94. The lowest BCUT2D eigenvalue weighted by molar-refractivity contribution is -0.249. The summed E-state index contributed by atoms with van der Waals surface area (Å²) in [5, 5.41) is 22.0. The number of fused-ring (bicyclic) bond motifs is 1. The van der Waals surface area contributed by atoms with Crippen LogP contribution in [0.5, 0.6) is 5.75 Å². The number of rotatable bonds is 6. The zero-order chi connectivity index (χ0) is 17.8. The normalized spacial score (nSPS) is 25.2. The molecule has 136 valence electrons. The van der Waals surface area contributed by atoms with Crippen LogP contribution in [0.1, 0.15) is 57.8 Å². The monoisotopic (exact) mass is 344 g/mol. The van der Waals surface area contributed by atoms with Crippen molar-refractivity contribution in [2.24, 2.45) is 0 Å². The van der Waals surface area contributed by atoms with E-state index in [1.807, 2.05) is 37.3 Å². The van der Waals surface area contributed by atoms with Gasteiger partial charge >= 0.3 is 0 Å². The van der Waals surface area contributed by atoms with Gasteiger partial charge in [0.25, 0.3) is 0 Å². The maximum atomic E-state index is 10.5. The summed E-state index contributed by atoms with van der Waals surface area (Å²) in [7, 11) is 0. The van der Waals surface area contributed by atoms with Gasteiger partial charge in [0.15, 0.2) is 6.29 Å². The Morgan fingerprint density at radius 3 is 2.64 bits per heavy atom. The molecule has 4 nitrogen and oxygen atoms in total. The number of aromatic hydroxyl groups is 1. The fourth-order valence-corrected chi connectivity index (χ4v) is 3.54. The van der Waals surface area contributed by atoms with E-state index in [4.69, 9.17) is 9.47 Å². The third kappa shape index (κ3) is 4.32. The number of phenols is 1. The molecule has 0 saturated carbocycles. The molecule has 1 aliphatic rings. The molecule has 0 amide bonds. The summed E-state index contributed by atoms with van der Waals surface area (Å²) >= 11 is 0. The second-order valence-corrected chi connectivity index (χ2v) is 6.99. The van der Waals surface area contributed by atoms with Gasteiger partial charge < -0.3 is 19.7 Å². The lowest BCUT2D eigenvalue weighted by atomic mass is 9.99. The van der Waals surface area contributed by atoms with Crippen LogP contribution in [-0.2, 0) is 9.47 Å². The molecular weight excluding hydrogens is 316 g/mol. The predicted octanol–water partition coefficient (Wildman–Crippen LogP) is 4.68. The molecule has 0 radical (unpaired) electrons. The summed E-state index contributed by atoms with van der Waals surface area (Å²) in [6.07, 6.45) is 3.74. The van der Waals surface area contributed by atoms with Gasteiger partial charge in [-0.1, -0.05) is 37.3 Å². The number of aliphatic hydroxyl groups is 1. The number of phenolic OH excluding ortho intramolecular Hbond substituents is 1. The van der Waals surface area contributed by atoms with Crippen molar-refractivity contribution < 1.29 is 19.7 Å².